The topological polar surface area (TPSA) is 86.8 Å². The van der Waals surface area contributed by atoms with Crippen molar-refractivity contribution in [2.75, 3.05) is 10.8 Å². The van der Waals surface area contributed by atoms with Crippen LogP contribution in [0.2, 0.25) is 15.1 Å². The number of rotatable bonds is 10. The zero-order valence-electron chi connectivity index (χ0n) is 23.5. The molecule has 3 aromatic carbocycles. The Kier molecular flexibility index (Phi) is 11.0. The predicted molar refractivity (Wildman–Crippen MR) is 162 cm³/mol. The van der Waals surface area contributed by atoms with Crippen LogP contribution < -0.4 is 9.62 Å². The average Bonchev–Trinajstić information content (AvgIpc) is 2.90. The molecule has 0 saturated carbocycles. The first-order valence-electron chi connectivity index (χ1n) is 12.9. The van der Waals surface area contributed by atoms with Crippen LogP contribution in [-0.2, 0) is 32.3 Å². The summed E-state index contributed by atoms with van der Waals surface area (Å²) in [5, 5.41) is 2.58. The molecule has 0 radical (unpaired) electrons. The van der Waals surface area contributed by atoms with E-state index in [0.717, 1.165) is 22.6 Å². The summed E-state index contributed by atoms with van der Waals surface area (Å²) in [5.41, 5.74) is -0.585. The Morgan fingerprint density at radius 1 is 0.907 bits per heavy atom. The van der Waals surface area contributed by atoms with Crippen molar-refractivity contribution < 1.29 is 31.2 Å². The summed E-state index contributed by atoms with van der Waals surface area (Å²) in [6, 6.07) is 11.3. The molecular weight excluding hydrogens is 650 g/mol. The summed E-state index contributed by atoms with van der Waals surface area (Å²) >= 11 is 18.1. The molecular formula is C29H29Cl3F3N3O4S. The molecule has 0 unspecified atom stereocenters. The Morgan fingerprint density at radius 3 is 2.09 bits per heavy atom. The van der Waals surface area contributed by atoms with Crippen molar-refractivity contribution in [1.82, 2.24) is 10.2 Å². The lowest BCUT2D eigenvalue weighted by Crippen LogP contribution is -2.52. The molecule has 0 bridgehead atoms. The number of anilines is 1. The minimum atomic E-state index is -4.91. The molecule has 14 heteroatoms. The van der Waals surface area contributed by atoms with E-state index in [1.165, 1.54) is 43.3 Å². The number of benzene rings is 3. The third-order valence-corrected chi connectivity index (χ3v) is 9.09. The Balaban J connectivity index is 2.14. The van der Waals surface area contributed by atoms with E-state index in [1.807, 2.05) is 0 Å². The fourth-order valence-electron chi connectivity index (χ4n) is 4.07. The van der Waals surface area contributed by atoms with E-state index in [2.05, 4.69) is 5.32 Å². The summed E-state index contributed by atoms with van der Waals surface area (Å²) in [6.45, 7) is 5.45. The van der Waals surface area contributed by atoms with Crippen molar-refractivity contribution >= 4 is 62.3 Å². The third kappa shape index (κ3) is 8.56. The van der Waals surface area contributed by atoms with Crippen molar-refractivity contribution in [3.8, 4) is 0 Å². The minimum absolute atomic E-state index is 0.193. The minimum Gasteiger partial charge on any atom is -0.352 e. The summed E-state index contributed by atoms with van der Waals surface area (Å²) in [6.07, 6.45) is -4.91. The summed E-state index contributed by atoms with van der Waals surface area (Å²) < 4.78 is 69.6. The second-order valence-electron chi connectivity index (χ2n) is 10.1. The summed E-state index contributed by atoms with van der Waals surface area (Å²) in [5.74, 6) is -1.41. The maximum atomic E-state index is 13.9. The van der Waals surface area contributed by atoms with Crippen LogP contribution in [0.15, 0.2) is 65.6 Å². The van der Waals surface area contributed by atoms with Crippen LogP contribution in [0.3, 0.4) is 0 Å². The van der Waals surface area contributed by atoms with Gasteiger partial charge in [-0.05, 0) is 75.7 Å². The number of carbonyl (C=O) groups excluding carboxylic acids is 2. The van der Waals surface area contributed by atoms with Gasteiger partial charge in [-0.1, -0.05) is 58.6 Å². The van der Waals surface area contributed by atoms with E-state index in [1.54, 1.807) is 26.8 Å². The number of hydrogen-bond acceptors (Lipinski definition) is 4. The van der Waals surface area contributed by atoms with Crippen LogP contribution in [0, 0.1) is 6.92 Å². The van der Waals surface area contributed by atoms with Crippen molar-refractivity contribution in [3.63, 3.8) is 0 Å². The average molecular weight is 679 g/mol. The van der Waals surface area contributed by atoms with Gasteiger partial charge in [-0.25, -0.2) is 8.42 Å². The quantitative estimate of drug-likeness (QED) is 0.248. The molecule has 0 aliphatic carbocycles. The smallest absolute Gasteiger partial charge is 0.352 e. The fraction of sp³-hybridized carbons (Fsp3) is 0.310. The van der Waals surface area contributed by atoms with Gasteiger partial charge in [-0.2, -0.15) is 13.2 Å². The van der Waals surface area contributed by atoms with Gasteiger partial charge in [0.15, 0.2) is 0 Å². The first-order valence-corrected chi connectivity index (χ1v) is 15.5. The maximum Gasteiger partial charge on any atom is 0.417 e. The SMILES string of the molecule is Cc1ccc(S(=O)(=O)N(CC(=O)N(Cc2ccc(Cl)cc2Cl)[C@@H](C)C(=O)NC(C)C)c2ccc(Cl)c(C(F)(F)F)c2)cc1. The van der Waals surface area contributed by atoms with Gasteiger partial charge in [0.1, 0.15) is 12.6 Å². The second kappa shape index (κ2) is 13.8. The molecule has 232 valence electrons. The molecule has 3 aromatic rings. The van der Waals surface area contributed by atoms with Crippen molar-refractivity contribution in [1.29, 1.82) is 0 Å². The zero-order chi connectivity index (χ0) is 32.3. The number of amides is 2. The van der Waals surface area contributed by atoms with Gasteiger partial charge in [0.2, 0.25) is 11.8 Å². The van der Waals surface area contributed by atoms with Crippen LogP contribution in [0.25, 0.3) is 0 Å². The Morgan fingerprint density at radius 2 is 1.53 bits per heavy atom. The largest absolute Gasteiger partial charge is 0.417 e. The van der Waals surface area contributed by atoms with Crippen LogP contribution in [0.5, 0.6) is 0 Å². The molecule has 1 atom stereocenters. The Hall–Kier alpha value is -2.99. The maximum absolute atomic E-state index is 13.9. The first kappa shape index (κ1) is 34.5. The number of hydrogen-bond donors (Lipinski definition) is 1. The third-order valence-electron chi connectivity index (χ3n) is 6.39. The van der Waals surface area contributed by atoms with E-state index >= 15 is 0 Å². The van der Waals surface area contributed by atoms with Crippen LogP contribution in [0.4, 0.5) is 18.9 Å². The highest BCUT2D eigenvalue weighted by atomic mass is 35.5. The lowest BCUT2D eigenvalue weighted by Gasteiger charge is -2.32. The van der Waals surface area contributed by atoms with Gasteiger partial charge < -0.3 is 10.2 Å². The molecule has 43 heavy (non-hydrogen) atoms. The molecule has 0 fully saturated rings. The van der Waals surface area contributed by atoms with Gasteiger partial charge in [-0.3, -0.25) is 13.9 Å². The Bertz CT molecular complexity index is 1600. The molecule has 0 aromatic heterocycles. The second-order valence-corrected chi connectivity index (χ2v) is 13.2. The van der Waals surface area contributed by atoms with E-state index in [9.17, 15) is 31.2 Å². The molecule has 2 amide bonds. The van der Waals surface area contributed by atoms with Gasteiger partial charge >= 0.3 is 6.18 Å². The molecule has 7 nitrogen and oxygen atoms in total. The number of nitrogens with one attached hydrogen (secondary N) is 1. The number of aryl methyl sites for hydroxylation is 1. The Labute approximate surface area is 263 Å². The molecule has 3 rings (SSSR count). The number of sulfonamides is 1. The number of alkyl halides is 3. The van der Waals surface area contributed by atoms with Crippen LogP contribution in [0.1, 0.15) is 37.5 Å². The number of carbonyl (C=O) groups is 2. The monoisotopic (exact) mass is 677 g/mol. The zero-order valence-corrected chi connectivity index (χ0v) is 26.6. The molecule has 0 aliphatic heterocycles. The van der Waals surface area contributed by atoms with Gasteiger partial charge in [-0.15, -0.1) is 0 Å². The molecule has 0 saturated heterocycles. The summed E-state index contributed by atoms with van der Waals surface area (Å²) in [4.78, 5) is 27.8. The van der Waals surface area contributed by atoms with E-state index < -0.39 is 56.9 Å². The van der Waals surface area contributed by atoms with Gasteiger partial charge in [0, 0.05) is 22.6 Å². The highest BCUT2D eigenvalue weighted by Gasteiger charge is 2.37. The van der Waals surface area contributed by atoms with Crippen LogP contribution in [-0.4, -0.2) is 43.8 Å². The van der Waals surface area contributed by atoms with Crippen LogP contribution >= 0.6 is 34.8 Å². The van der Waals surface area contributed by atoms with Crippen molar-refractivity contribution in [3.05, 3.63) is 92.4 Å². The van der Waals surface area contributed by atoms with Gasteiger partial charge in [0.25, 0.3) is 10.0 Å². The molecule has 0 heterocycles. The number of nitrogens with zero attached hydrogens (tertiary/aromatic N) is 2. The fourth-order valence-corrected chi connectivity index (χ4v) is 6.17. The highest BCUT2D eigenvalue weighted by Crippen LogP contribution is 2.38. The lowest BCUT2D eigenvalue weighted by atomic mass is 10.1. The van der Waals surface area contributed by atoms with Gasteiger partial charge in [0.05, 0.1) is 21.2 Å². The van der Waals surface area contributed by atoms with E-state index in [0.29, 0.717) is 21.0 Å². The van der Waals surface area contributed by atoms with Crippen molar-refractivity contribution in [2.24, 2.45) is 0 Å². The highest BCUT2D eigenvalue weighted by molar-refractivity contribution is 7.92. The van der Waals surface area contributed by atoms with E-state index in [4.69, 9.17) is 34.8 Å². The number of halogens is 6. The summed E-state index contributed by atoms with van der Waals surface area (Å²) in [7, 11) is -4.59. The predicted octanol–water partition coefficient (Wildman–Crippen LogP) is 7.11. The molecule has 0 aliphatic rings. The first-order chi connectivity index (χ1) is 19.9. The molecule has 0 spiro atoms. The van der Waals surface area contributed by atoms with Crippen molar-refractivity contribution in [2.45, 2.75) is 57.4 Å². The van der Waals surface area contributed by atoms with E-state index in [-0.39, 0.29) is 22.5 Å². The standard InChI is InChI=1S/C29H29Cl3F3N3O4S/c1-17(2)36-28(40)19(4)37(15-20-7-8-21(30)13-26(20)32)27(39)16-38(43(41,42)23-10-5-18(3)6-11-23)22-9-12-25(31)24(14-22)29(33,34)35/h5-14,17,19H,15-16H2,1-4H3,(H,36,40)/t19-/m0/s1. The normalized spacial score (nSPS) is 12.6. The lowest BCUT2D eigenvalue weighted by molar-refractivity contribution is -0.139. The molecule has 1 N–H and O–H groups in total.